The van der Waals surface area contributed by atoms with Gasteiger partial charge in [-0.2, -0.15) is 0 Å². The van der Waals surface area contributed by atoms with Crippen LogP contribution in [0.5, 0.6) is 0 Å². The molecule has 2 heterocycles. The Hall–Kier alpha value is -0.0400. The van der Waals surface area contributed by atoms with Crippen LogP contribution in [0.3, 0.4) is 0 Å². The molecule has 45 valence electrons. The van der Waals surface area contributed by atoms with E-state index in [-0.39, 0.29) is 0 Å². The van der Waals surface area contributed by atoms with Crippen molar-refractivity contribution in [2.75, 3.05) is 0 Å². The van der Waals surface area contributed by atoms with E-state index < -0.39 is 0 Å². The Kier molecular flexibility index (Phi) is 0.762. The van der Waals surface area contributed by atoms with Crippen LogP contribution in [0.4, 0.5) is 0 Å². The van der Waals surface area contributed by atoms with Gasteiger partial charge in [0.05, 0.1) is 0 Å². The van der Waals surface area contributed by atoms with Gasteiger partial charge in [-0.3, -0.25) is 0 Å². The summed E-state index contributed by atoms with van der Waals surface area (Å²) in [6.07, 6.45) is 5.34. The van der Waals surface area contributed by atoms with Crippen molar-refractivity contribution in [3.63, 3.8) is 0 Å². The Morgan fingerprint density at radius 3 is 2.12 bits per heavy atom. The first-order valence-electron chi connectivity index (χ1n) is 3.42. The van der Waals surface area contributed by atoms with E-state index in [0.717, 1.165) is 6.04 Å². The summed E-state index contributed by atoms with van der Waals surface area (Å²) in [5.41, 5.74) is 0.310. The lowest BCUT2D eigenvalue weighted by atomic mass is 9.90. The summed E-state index contributed by atoms with van der Waals surface area (Å²) in [4.78, 5) is 0. The van der Waals surface area contributed by atoms with Crippen LogP contribution in [-0.2, 0) is 0 Å². The highest BCUT2D eigenvalue weighted by atomic mass is 15.1. The van der Waals surface area contributed by atoms with E-state index in [9.17, 15) is 0 Å². The molecule has 2 bridgehead atoms. The van der Waals surface area contributed by atoms with E-state index in [1.165, 1.54) is 25.7 Å². The highest BCUT2D eigenvalue weighted by molar-refractivity contribution is 5.05. The van der Waals surface area contributed by atoms with Gasteiger partial charge in [-0.1, -0.05) is 0 Å². The van der Waals surface area contributed by atoms with Crippen molar-refractivity contribution in [2.24, 2.45) is 0 Å². The topological polar surface area (TPSA) is 12.0 Å². The summed E-state index contributed by atoms with van der Waals surface area (Å²) in [5.74, 6) is 0. The summed E-state index contributed by atoms with van der Waals surface area (Å²) in [5, 5.41) is 3.49. The molecule has 0 aromatic heterocycles. The molecule has 0 spiro atoms. The van der Waals surface area contributed by atoms with Gasteiger partial charge in [0.15, 0.2) is 0 Å². The van der Waals surface area contributed by atoms with Gasteiger partial charge in [0.2, 0.25) is 0 Å². The van der Waals surface area contributed by atoms with Crippen LogP contribution in [0, 0.1) is 6.92 Å². The van der Waals surface area contributed by atoms with Crippen molar-refractivity contribution in [3.05, 3.63) is 6.92 Å². The molecule has 0 aliphatic carbocycles. The summed E-state index contributed by atoms with van der Waals surface area (Å²) in [6.45, 7) is 4.12. The van der Waals surface area contributed by atoms with Gasteiger partial charge >= 0.3 is 0 Å². The molecule has 0 aromatic rings. The third-order valence-corrected chi connectivity index (χ3v) is 2.45. The molecule has 8 heavy (non-hydrogen) atoms. The molecule has 2 aliphatic rings. The molecule has 0 aromatic carbocycles. The van der Waals surface area contributed by atoms with E-state index >= 15 is 0 Å². The molecule has 0 atom stereocenters. The second-order valence-corrected chi connectivity index (χ2v) is 3.20. The van der Waals surface area contributed by atoms with Gasteiger partial charge in [-0.05, 0) is 32.6 Å². The van der Waals surface area contributed by atoms with Crippen molar-refractivity contribution >= 4 is 0 Å². The highest BCUT2D eigenvalue weighted by Crippen LogP contribution is 2.36. The van der Waals surface area contributed by atoms with Gasteiger partial charge in [0, 0.05) is 11.6 Å². The Balaban J connectivity index is 2.19. The quantitative estimate of drug-likeness (QED) is 0.492. The molecular formula is C7H12N. The van der Waals surface area contributed by atoms with Gasteiger partial charge in [-0.25, -0.2) is 0 Å². The molecule has 1 nitrogen and oxygen atoms in total. The van der Waals surface area contributed by atoms with E-state index in [1.807, 2.05) is 0 Å². The minimum Gasteiger partial charge on any atom is -0.308 e. The normalized spacial score (nSPS) is 52.9. The molecular weight excluding hydrogens is 98.1 g/mol. The first-order valence-corrected chi connectivity index (χ1v) is 3.42. The van der Waals surface area contributed by atoms with E-state index in [0.29, 0.717) is 5.54 Å². The SMILES string of the molecule is [CH2]C12CCC(CC1)N2. The molecule has 1 N–H and O–H groups in total. The maximum atomic E-state index is 4.12. The third kappa shape index (κ3) is 0.510. The zero-order chi connectivity index (χ0) is 5.61. The van der Waals surface area contributed by atoms with Gasteiger partial charge < -0.3 is 5.32 Å². The summed E-state index contributed by atoms with van der Waals surface area (Å²) < 4.78 is 0. The molecule has 0 unspecified atom stereocenters. The van der Waals surface area contributed by atoms with Crippen molar-refractivity contribution in [2.45, 2.75) is 37.3 Å². The van der Waals surface area contributed by atoms with Gasteiger partial charge in [0.25, 0.3) is 0 Å². The molecule has 2 aliphatic heterocycles. The van der Waals surface area contributed by atoms with E-state index in [2.05, 4.69) is 12.2 Å². The predicted molar refractivity (Wildman–Crippen MR) is 33.5 cm³/mol. The lowest BCUT2D eigenvalue weighted by Gasteiger charge is -2.18. The van der Waals surface area contributed by atoms with Crippen LogP contribution < -0.4 is 5.32 Å². The fourth-order valence-corrected chi connectivity index (χ4v) is 1.89. The van der Waals surface area contributed by atoms with Crippen LogP contribution in [0.1, 0.15) is 25.7 Å². The standard InChI is InChI=1S/C7H12N/c1-7-4-2-6(8-7)3-5-7/h6,8H,1-5H2. The minimum atomic E-state index is 0.310. The summed E-state index contributed by atoms with van der Waals surface area (Å²) >= 11 is 0. The second kappa shape index (κ2) is 1.27. The average molecular weight is 110 g/mol. The Labute approximate surface area is 50.5 Å². The first kappa shape index (κ1) is 4.80. The van der Waals surface area contributed by atoms with Gasteiger partial charge in [0.1, 0.15) is 0 Å². The minimum absolute atomic E-state index is 0.310. The number of fused-ring (bicyclic) bond motifs is 2. The molecule has 0 saturated carbocycles. The molecule has 2 fully saturated rings. The van der Waals surface area contributed by atoms with Crippen molar-refractivity contribution in [3.8, 4) is 0 Å². The fraction of sp³-hybridized carbons (Fsp3) is 0.857. The largest absolute Gasteiger partial charge is 0.308 e. The second-order valence-electron chi connectivity index (χ2n) is 3.20. The van der Waals surface area contributed by atoms with E-state index in [1.54, 1.807) is 0 Å². The van der Waals surface area contributed by atoms with Crippen molar-refractivity contribution in [1.82, 2.24) is 5.32 Å². The molecule has 1 heteroatoms. The smallest absolute Gasteiger partial charge is 0.0186 e. The van der Waals surface area contributed by atoms with Crippen molar-refractivity contribution < 1.29 is 0 Å². The summed E-state index contributed by atoms with van der Waals surface area (Å²) in [6, 6.07) is 0.826. The molecule has 2 saturated heterocycles. The number of rotatable bonds is 0. The average Bonchev–Trinajstić information content (AvgIpc) is 2.21. The Bertz CT molecular complexity index is 101. The Morgan fingerprint density at radius 1 is 1.38 bits per heavy atom. The van der Waals surface area contributed by atoms with Crippen LogP contribution in [0.25, 0.3) is 0 Å². The van der Waals surface area contributed by atoms with Gasteiger partial charge in [-0.15, -0.1) is 0 Å². The van der Waals surface area contributed by atoms with E-state index in [4.69, 9.17) is 0 Å². The van der Waals surface area contributed by atoms with Crippen LogP contribution in [0.15, 0.2) is 0 Å². The molecule has 2 rings (SSSR count). The summed E-state index contributed by atoms with van der Waals surface area (Å²) in [7, 11) is 0. The van der Waals surface area contributed by atoms with Crippen LogP contribution in [0.2, 0.25) is 0 Å². The lowest BCUT2D eigenvalue weighted by Crippen LogP contribution is -2.32. The van der Waals surface area contributed by atoms with Crippen molar-refractivity contribution in [1.29, 1.82) is 0 Å². The number of hydrogen-bond acceptors (Lipinski definition) is 1. The predicted octanol–water partition coefficient (Wildman–Crippen LogP) is 1.11. The zero-order valence-electron chi connectivity index (χ0n) is 5.11. The Morgan fingerprint density at radius 2 is 2.00 bits per heavy atom. The monoisotopic (exact) mass is 110 g/mol. The van der Waals surface area contributed by atoms with Crippen LogP contribution >= 0.6 is 0 Å². The highest BCUT2D eigenvalue weighted by Gasteiger charge is 2.40. The molecule has 0 amide bonds. The maximum Gasteiger partial charge on any atom is 0.0186 e. The number of nitrogens with one attached hydrogen (secondary N) is 1. The first-order chi connectivity index (χ1) is 3.79. The lowest BCUT2D eigenvalue weighted by molar-refractivity contribution is 0.474. The third-order valence-electron chi connectivity index (χ3n) is 2.45. The molecule has 1 radical (unpaired) electrons. The maximum absolute atomic E-state index is 4.12. The van der Waals surface area contributed by atoms with Crippen LogP contribution in [-0.4, -0.2) is 11.6 Å². The zero-order valence-corrected chi connectivity index (χ0v) is 5.11. The fourth-order valence-electron chi connectivity index (χ4n) is 1.89. The number of hydrogen-bond donors (Lipinski definition) is 1.